The number of rotatable bonds is 9. The molecule has 2 N–H and O–H groups in total. The molecule has 172 valence electrons. The quantitative estimate of drug-likeness (QED) is 0.376. The fourth-order valence-corrected chi connectivity index (χ4v) is 3.60. The maximum Gasteiger partial charge on any atom is 0.255 e. The Bertz CT molecular complexity index is 1140. The van der Waals surface area contributed by atoms with Gasteiger partial charge in [0, 0.05) is 27.7 Å². The van der Waals surface area contributed by atoms with E-state index in [4.69, 9.17) is 32.7 Å². The molecule has 0 saturated carbocycles. The minimum Gasteiger partial charge on any atom is -0.492 e. The Labute approximate surface area is 202 Å². The molecule has 3 aromatic rings. The molecule has 0 aliphatic rings. The Kier molecular flexibility index (Phi) is 8.58. The molecule has 0 fully saturated rings. The van der Waals surface area contributed by atoms with Gasteiger partial charge in [-0.1, -0.05) is 47.5 Å². The van der Waals surface area contributed by atoms with Crippen LogP contribution in [0.25, 0.3) is 0 Å². The lowest BCUT2D eigenvalue weighted by Crippen LogP contribution is -2.17. The van der Waals surface area contributed by atoms with Crippen molar-refractivity contribution >= 4 is 46.4 Å². The van der Waals surface area contributed by atoms with Crippen LogP contribution < -0.4 is 20.1 Å². The van der Waals surface area contributed by atoms with Crippen LogP contribution in [-0.4, -0.2) is 25.0 Å². The van der Waals surface area contributed by atoms with Crippen molar-refractivity contribution in [1.82, 2.24) is 0 Å². The molecule has 0 aromatic heterocycles. The largest absolute Gasteiger partial charge is 0.492 e. The number of ether oxygens (including phenoxy) is 2. The topological polar surface area (TPSA) is 76.7 Å². The van der Waals surface area contributed by atoms with Gasteiger partial charge >= 0.3 is 0 Å². The van der Waals surface area contributed by atoms with Gasteiger partial charge in [-0.05, 0) is 43.7 Å². The van der Waals surface area contributed by atoms with E-state index in [2.05, 4.69) is 10.6 Å². The predicted molar refractivity (Wildman–Crippen MR) is 132 cm³/mol. The van der Waals surface area contributed by atoms with E-state index >= 15 is 0 Å². The van der Waals surface area contributed by atoms with Crippen molar-refractivity contribution in [2.45, 2.75) is 20.3 Å². The van der Waals surface area contributed by atoms with Crippen molar-refractivity contribution in [3.05, 3.63) is 81.8 Å². The van der Waals surface area contributed by atoms with Gasteiger partial charge in [0.2, 0.25) is 5.91 Å². The lowest BCUT2D eigenvalue weighted by Gasteiger charge is -2.18. The van der Waals surface area contributed by atoms with Gasteiger partial charge < -0.3 is 20.1 Å². The maximum absolute atomic E-state index is 12.7. The van der Waals surface area contributed by atoms with E-state index < -0.39 is 0 Å². The van der Waals surface area contributed by atoms with E-state index in [1.165, 1.54) is 0 Å². The molecular formula is C25H24Cl2N2O4. The first-order valence-corrected chi connectivity index (χ1v) is 11.2. The number of anilines is 2. The van der Waals surface area contributed by atoms with E-state index in [0.29, 0.717) is 57.3 Å². The van der Waals surface area contributed by atoms with Crippen molar-refractivity contribution in [2.75, 3.05) is 23.8 Å². The van der Waals surface area contributed by atoms with E-state index in [1.54, 1.807) is 54.6 Å². The standard InChI is InChI=1S/C25H24Cl2N2O4/c1-3-32-22-15-21(29-25(31)16-8-6-5-7-9-16)23(33-4-2)14-20(22)28-24(30)12-17-10-11-18(26)13-19(17)27/h5-11,13-15H,3-4,12H2,1-2H3,(H,28,30)(H,29,31). The fourth-order valence-electron chi connectivity index (χ4n) is 3.12. The molecule has 0 bridgehead atoms. The van der Waals surface area contributed by atoms with E-state index in [-0.39, 0.29) is 18.2 Å². The van der Waals surface area contributed by atoms with Gasteiger partial charge in [0.05, 0.1) is 31.0 Å². The predicted octanol–water partition coefficient (Wildman–Crippen LogP) is 6.22. The number of nitrogens with one attached hydrogen (secondary N) is 2. The first kappa shape index (κ1) is 24.4. The number of hydrogen-bond acceptors (Lipinski definition) is 4. The van der Waals surface area contributed by atoms with Crippen molar-refractivity contribution in [2.24, 2.45) is 0 Å². The summed E-state index contributed by atoms with van der Waals surface area (Å²) in [5, 5.41) is 6.62. The summed E-state index contributed by atoms with van der Waals surface area (Å²) < 4.78 is 11.4. The molecular weight excluding hydrogens is 463 g/mol. The summed E-state index contributed by atoms with van der Waals surface area (Å²) in [5.41, 5.74) is 2.02. The zero-order valence-corrected chi connectivity index (χ0v) is 19.8. The Morgan fingerprint density at radius 2 is 1.42 bits per heavy atom. The summed E-state index contributed by atoms with van der Waals surface area (Å²) in [4.78, 5) is 25.4. The van der Waals surface area contributed by atoms with Gasteiger partial charge in [0.1, 0.15) is 11.5 Å². The first-order chi connectivity index (χ1) is 15.9. The molecule has 3 rings (SSSR count). The highest BCUT2D eigenvalue weighted by Gasteiger charge is 2.17. The number of carbonyl (C=O) groups excluding carboxylic acids is 2. The highest BCUT2D eigenvalue weighted by atomic mass is 35.5. The number of benzene rings is 3. The van der Waals surface area contributed by atoms with Crippen LogP contribution in [0.5, 0.6) is 11.5 Å². The second-order valence-electron chi connectivity index (χ2n) is 6.99. The molecule has 6 nitrogen and oxygen atoms in total. The Balaban J connectivity index is 1.86. The summed E-state index contributed by atoms with van der Waals surface area (Å²) in [6.45, 7) is 4.40. The van der Waals surface area contributed by atoms with Gasteiger partial charge in [-0.25, -0.2) is 0 Å². The molecule has 0 radical (unpaired) electrons. The SMILES string of the molecule is CCOc1cc(NC(=O)c2ccccc2)c(OCC)cc1NC(=O)Cc1ccc(Cl)cc1Cl. The first-order valence-electron chi connectivity index (χ1n) is 10.4. The van der Waals surface area contributed by atoms with Crippen LogP contribution in [0.4, 0.5) is 11.4 Å². The zero-order chi connectivity index (χ0) is 23.8. The molecule has 0 atom stereocenters. The normalized spacial score (nSPS) is 10.4. The Morgan fingerprint density at radius 3 is 2.00 bits per heavy atom. The van der Waals surface area contributed by atoms with Gasteiger partial charge in [-0.3, -0.25) is 9.59 Å². The van der Waals surface area contributed by atoms with Crippen LogP contribution in [0, 0.1) is 0 Å². The molecule has 0 spiro atoms. The van der Waals surface area contributed by atoms with Gasteiger partial charge in [0.15, 0.2) is 0 Å². The molecule has 0 heterocycles. The summed E-state index contributed by atoms with van der Waals surface area (Å²) in [6, 6.07) is 17.1. The second kappa shape index (κ2) is 11.6. The average Bonchev–Trinajstić information content (AvgIpc) is 2.79. The molecule has 8 heteroatoms. The van der Waals surface area contributed by atoms with E-state index in [9.17, 15) is 9.59 Å². The van der Waals surface area contributed by atoms with Crippen LogP contribution in [0.15, 0.2) is 60.7 Å². The Morgan fingerprint density at radius 1 is 0.818 bits per heavy atom. The number of halogens is 2. The Hall–Kier alpha value is -3.22. The lowest BCUT2D eigenvalue weighted by molar-refractivity contribution is -0.115. The third kappa shape index (κ3) is 6.63. The van der Waals surface area contributed by atoms with Gasteiger partial charge in [-0.15, -0.1) is 0 Å². The van der Waals surface area contributed by atoms with Crippen LogP contribution >= 0.6 is 23.2 Å². The number of hydrogen-bond donors (Lipinski definition) is 2. The van der Waals surface area contributed by atoms with E-state index in [1.807, 2.05) is 19.9 Å². The molecule has 0 unspecified atom stereocenters. The van der Waals surface area contributed by atoms with Crippen LogP contribution in [0.2, 0.25) is 10.0 Å². The van der Waals surface area contributed by atoms with Crippen molar-refractivity contribution in [1.29, 1.82) is 0 Å². The molecule has 0 aliphatic carbocycles. The monoisotopic (exact) mass is 486 g/mol. The number of carbonyl (C=O) groups is 2. The van der Waals surface area contributed by atoms with Crippen molar-refractivity contribution in [3.63, 3.8) is 0 Å². The molecule has 0 aliphatic heterocycles. The summed E-state index contributed by atoms with van der Waals surface area (Å²) in [5.74, 6) is 0.238. The van der Waals surface area contributed by atoms with Crippen molar-refractivity contribution < 1.29 is 19.1 Å². The highest BCUT2D eigenvalue weighted by Crippen LogP contribution is 2.37. The molecule has 3 aromatic carbocycles. The van der Waals surface area contributed by atoms with Gasteiger partial charge in [-0.2, -0.15) is 0 Å². The van der Waals surface area contributed by atoms with Crippen LogP contribution in [0.1, 0.15) is 29.8 Å². The third-order valence-corrected chi connectivity index (χ3v) is 5.19. The third-order valence-electron chi connectivity index (χ3n) is 4.61. The minimum atomic E-state index is -0.288. The maximum atomic E-state index is 12.7. The second-order valence-corrected chi connectivity index (χ2v) is 7.84. The summed E-state index contributed by atoms with van der Waals surface area (Å²) in [7, 11) is 0. The number of amides is 2. The van der Waals surface area contributed by atoms with Crippen molar-refractivity contribution in [3.8, 4) is 11.5 Å². The molecule has 33 heavy (non-hydrogen) atoms. The smallest absolute Gasteiger partial charge is 0.255 e. The summed E-state index contributed by atoms with van der Waals surface area (Å²) in [6.07, 6.45) is 0.0536. The zero-order valence-electron chi connectivity index (χ0n) is 18.3. The molecule has 0 saturated heterocycles. The van der Waals surface area contributed by atoms with E-state index in [0.717, 1.165) is 0 Å². The average molecular weight is 487 g/mol. The summed E-state index contributed by atoms with van der Waals surface area (Å²) >= 11 is 12.1. The van der Waals surface area contributed by atoms with Crippen LogP contribution in [0.3, 0.4) is 0 Å². The van der Waals surface area contributed by atoms with Gasteiger partial charge in [0.25, 0.3) is 5.91 Å². The minimum absolute atomic E-state index is 0.0536. The highest BCUT2D eigenvalue weighted by molar-refractivity contribution is 6.35. The lowest BCUT2D eigenvalue weighted by atomic mass is 10.1. The molecule has 2 amide bonds. The van der Waals surface area contributed by atoms with Crippen LogP contribution in [-0.2, 0) is 11.2 Å². The fraction of sp³-hybridized carbons (Fsp3) is 0.200.